The Morgan fingerprint density at radius 3 is 3.12 bits per heavy atom. The fourth-order valence-electron chi connectivity index (χ4n) is 1.97. The van der Waals surface area contributed by atoms with E-state index < -0.39 is 0 Å². The van der Waals surface area contributed by atoms with Crippen molar-refractivity contribution < 1.29 is 4.52 Å². The summed E-state index contributed by atoms with van der Waals surface area (Å²) >= 11 is 1.91. The number of hydrogen-bond donors (Lipinski definition) is 1. The molecule has 1 aromatic carbocycles. The molecule has 1 aliphatic heterocycles. The summed E-state index contributed by atoms with van der Waals surface area (Å²) in [6.07, 6.45) is 4.12. The molecule has 3 nitrogen and oxygen atoms in total. The smallest absolute Gasteiger partial charge is 0.229 e. The molecule has 3 rings (SSSR count). The monoisotopic (exact) mass is 232 g/mol. The molecule has 0 fully saturated rings. The molecule has 0 bridgehead atoms. The first-order valence-electron chi connectivity index (χ1n) is 5.31. The molecule has 2 aromatic rings. The van der Waals surface area contributed by atoms with Gasteiger partial charge in [0.05, 0.1) is 11.8 Å². The van der Waals surface area contributed by atoms with E-state index >= 15 is 0 Å². The van der Waals surface area contributed by atoms with E-state index in [0.29, 0.717) is 5.88 Å². The van der Waals surface area contributed by atoms with E-state index in [2.05, 4.69) is 23.4 Å². The molecule has 16 heavy (non-hydrogen) atoms. The summed E-state index contributed by atoms with van der Waals surface area (Å²) in [7, 11) is 0. The summed E-state index contributed by atoms with van der Waals surface area (Å²) in [5.41, 5.74) is 9.13. The molecule has 0 radical (unpaired) electrons. The number of aromatic nitrogens is 1. The molecule has 82 valence electrons. The Morgan fingerprint density at radius 1 is 1.38 bits per heavy atom. The zero-order valence-electron chi connectivity index (χ0n) is 8.77. The van der Waals surface area contributed by atoms with Gasteiger partial charge in [-0.2, -0.15) is 0 Å². The van der Waals surface area contributed by atoms with Crippen molar-refractivity contribution in [2.75, 3.05) is 11.5 Å². The van der Waals surface area contributed by atoms with Crippen molar-refractivity contribution in [1.82, 2.24) is 5.16 Å². The van der Waals surface area contributed by atoms with E-state index in [0.717, 1.165) is 11.1 Å². The van der Waals surface area contributed by atoms with E-state index in [1.807, 2.05) is 11.8 Å². The topological polar surface area (TPSA) is 52.0 Å². The third-order valence-electron chi connectivity index (χ3n) is 2.82. The number of fused-ring (bicyclic) bond motifs is 1. The standard InChI is InChI=1S/C12H12N2OS/c13-12-10(7-14-15-12)9-4-3-8-2-1-5-16-11(8)6-9/h3-4,6-7H,1-2,5,13H2. The Balaban J connectivity index is 2.06. The zero-order valence-corrected chi connectivity index (χ0v) is 9.59. The van der Waals surface area contributed by atoms with Gasteiger partial charge >= 0.3 is 0 Å². The van der Waals surface area contributed by atoms with Gasteiger partial charge in [0.2, 0.25) is 5.88 Å². The lowest BCUT2D eigenvalue weighted by Crippen LogP contribution is -1.98. The molecule has 0 saturated heterocycles. The molecule has 0 spiro atoms. The third kappa shape index (κ3) is 1.59. The number of nitrogen functional groups attached to an aromatic ring is 1. The highest BCUT2D eigenvalue weighted by Gasteiger charge is 2.13. The van der Waals surface area contributed by atoms with Gasteiger partial charge in [-0.15, -0.1) is 11.8 Å². The van der Waals surface area contributed by atoms with Crippen molar-refractivity contribution in [1.29, 1.82) is 0 Å². The second kappa shape index (κ2) is 3.87. The predicted molar refractivity (Wildman–Crippen MR) is 65.4 cm³/mol. The van der Waals surface area contributed by atoms with Crippen molar-refractivity contribution >= 4 is 17.6 Å². The van der Waals surface area contributed by atoms with Crippen LogP contribution in [0.1, 0.15) is 12.0 Å². The van der Waals surface area contributed by atoms with Crippen molar-refractivity contribution in [3.63, 3.8) is 0 Å². The van der Waals surface area contributed by atoms with Gasteiger partial charge in [0, 0.05) is 4.90 Å². The normalized spacial score (nSPS) is 14.8. The van der Waals surface area contributed by atoms with Crippen LogP contribution in [0.4, 0.5) is 5.88 Å². The Morgan fingerprint density at radius 2 is 2.31 bits per heavy atom. The summed E-state index contributed by atoms with van der Waals surface area (Å²) < 4.78 is 4.88. The Bertz CT molecular complexity index is 521. The van der Waals surface area contributed by atoms with Crippen molar-refractivity contribution in [3.8, 4) is 11.1 Å². The van der Waals surface area contributed by atoms with Gasteiger partial charge in [-0.05, 0) is 35.8 Å². The van der Waals surface area contributed by atoms with Gasteiger partial charge in [0.1, 0.15) is 0 Å². The van der Waals surface area contributed by atoms with Gasteiger partial charge in [-0.1, -0.05) is 17.3 Å². The molecule has 0 saturated carbocycles. The lowest BCUT2D eigenvalue weighted by molar-refractivity contribution is 0.436. The lowest BCUT2D eigenvalue weighted by Gasteiger charge is -2.15. The number of thioether (sulfide) groups is 1. The van der Waals surface area contributed by atoms with Crippen LogP contribution in [0.15, 0.2) is 33.8 Å². The predicted octanol–water partition coefficient (Wildman–Crippen LogP) is 2.96. The lowest BCUT2D eigenvalue weighted by atomic mass is 10.0. The van der Waals surface area contributed by atoms with Crippen LogP contribution in [0, 0.1) is 0 Å². The minimum Gasteiger partial charge on any atom is -0.367 e. The average molecular weight is 232 g/mol. The maximum atomic E-state index is 5.71. The number of anilines is 1. The average Bonchev–Trinajstić information content (AvgIpc) is 2.75. The molecule has 2 heterocycles. The van der Waals surface area contributed by atoms with Crippen molar-refractivity contribution in [2.45, 2.75) is 17.7 Å². The van der Waals surface area contributed by atoms with Gasteiger partial charge < -0.3 is 10.3 Å². The maximum Gasteiger partial charge on any atom is 0.229 e. The minimum atomic E-state index is 0.390. The fraction of sp³-hybridized carbons (Fsp3) is 0.250. The van der Waals surface area contributed by atoms with Crippen LogP contribution in [-0.4, -0.2) is 10.9 Å². The van der Waals surface area contributed by atoms with Crippen LogP contribution in [0.2, 0.25) is 0 Å². The number of hydrogen-bond acceptors (Lipinski definition) is 4. The van der Waals surface area contributed by atoms with Crippen LogP contribution < -0.4 is 5.73 Å². The van der Waals surface area contributed by atoms with Crippen LogP contribution in [0.3, 0.4) is 0 Å². The number of nitrogens with zero attached hydrogens (tertiary/aromatic N) is 1. The molecule has 1 aromatic heterocycles. The van der Waals surface area contributed by atoms with E-state index in [-0.39, 0.29) is 0 Å². The molecule has 0 aliphatic carbocycles. The van der Waals surface area contributed by atoms with Crippen molar-refractivity contribution in [3.05, 3.63) is 30.0 Å². The van der Waals surface area contributed by atoms with Crippen LogP contribution >= 0.6 is 11.8 Å². The summed E-state index contributed by atoms with van der Waals surface area (Å²) in [6.45, 7) is 0. The molecule has 4 heteroatoms. The SMILES string of the molecule is Nc1oncc1-c1ccc2c(c1)SCCC2. The number of rotatable bonds is 1. The van der Waals surface area contributed by atoms with Crippen LogP contribution in [-0.2, 0) is 6.42 Å². The third-order valence-corrected chi connectivity index (χ3v) is 4.01. The Labute approximate surface area is 98.0 Å². The number of benzene rings is 1. The molecule has 0 atom stereocenters. The molecular weight excluding hydrogens is 220 g/mol. The first kappa shape index (κ1) is 9.78. The molecule has 0 unspecified atom stereocenters. The van der Waals surface area contributed by atoms with E-state index in [1.54, 1.807) is 6.20 Å². The highest BCUT2D eigenvalue weighted by Crippen LogP contribution is 2.35. The number of nitrogens with two attached hydrogens (primary N) is 1. The van der Waals surface area contributed by atoms with Crippen LogP contribution in [0.25, 0.3) is 11.1 Å². The highest BCUT2D eigenvalue weighted by molar-refractivity contribution is 7.99. The second-order valence-corrected chi connectivity index (χ2v) is 5.01. The first-order chi connectivity index (χ1) is 7.84. The molecule has 0 amide bonds. The minimum absolute atomic E-state index is 0.390. The summed E-state index contributed by atoms with van der Waals surface area (Å²) in [5.74, 6) is 1.59. The summed E-state index contributed by atoms with van der Waals surface area (Å²) in [5, 5.41) is 3.70. The largest absolute Gasteiger partial charge is 0.367 e. The van der Waals surface area contributed by atoms with E-state index in [9.17, 15) is 0 Å². The van der Waals surface area contributed by atoms with Gasteiger partial charge in [-0.3, -0.25) is 0 Å². The number of aryl methyl sites for hydroxylation is 1. The maximum absolute atomic E-state index is 5.71. The Kier molecular flexibility index (Phi) is 2.36. The highest BCUT2D eigenvalue weighted by atomic mass is 32.2. The second-order valence-electron chi connectivity index (χ2n) is 3.88. The molecule has 1 aliphatic rings. The van der Waals surface area contributed by atoms with Gasteiger partial charge in [-0.25, -0.2) is 0 Å². The zero-order chi connectivity index (χ0) is 11.0. The molecular formula is C12H12N2OS. The molecule has 2 N–H and O–H groups in total. The summed E-state index contributed by atoms with van der Waals surface area (Å²) in [4.78, 5) is 1.37. The van der Waals surface area contributed by atoms with Gasteiger partial charge in [0.25, 0.3) is 0 Å². The van der Waals surface area contributed by atoms with Gasteiger partial charge in [0.15, 0.2) is 0 Å². The summed E-state index contributed by atoms with van der Waals surface area (Å²) in [6, 6.07) is 6.46. The fourth-order valence-corrected chi connectivity index (χ4v) is 3.05. The van der Waals surface area contributed by atoms with Crippen molar-refractivity contribution in [2.24, 2.45) is 0 Å². The van der Waals surface area contributed by atoms with E-state index in [1.165, 1.54) is 29.1 Å². The van der Waals surface area contributed by atoms with Crippen LogP contribution in [0.5, 0.6) is 0 Å². The quantitative estimate of drug-likeness (QED) is 0.821. The first-order valence-corrected chi connectivity index (χ1v) is 6.29. The van der Waals surface area contributed by atoms with E-state index in [4.69, 9.17) is 10.3 Å². The Hall–Kier alpha value is -1.42.